The summed E-state index contributed by atoms with van der Waals surface area (Å²) in [4.78, 5) is 27.6. The maximum Gasteiger partial charge on any atom is 0.252 e. The van der Waals surface area contributed by atoms with Crippen molar-refractivity contribution in [2.24, 2.45) is 5.92 Å². The molecule has 146 valence electrons. The van der Waals surface area contributed by atoms with Gasteiger partial charge in [-0.1, -0.05) is 6.92 Å². The van der Waals surface area contributed by atoms with Crippen LogP contribution in [-0.4, -0.2) is 40.5 Å². The minimum absolute atomic E-state index is 0.189. The van der Waals surface area contributed by atoms with Crippen LogP contribution in [0.2, 0.25) is 0 Å². The highest BCUT2D eigenvalue weighted by Crippen LogP contribution is 2.27. The van der Waals surface area contributed by atoms with Gasteiger partial charge in [0.2, 0.25) is 0 Å². The predicted molar refractivity (Wildman–Crippen MR) is 103 cm³/mol. The first kappa shape index (κ1) is 18.3. The maximum atomic E-state index is 13.0. The van der Waals surface area contributed by atoms with Crippen LogP contribution < -0.4 is 10.2 Å². The molecule has 1 unspecified atom stereocenters. The van der Waals surface area contributed by atoms with Crippen LogP contribution in [0.3, 0.4) is 0 Å². The Kier molecular flexibility index (Phi) is 5.18. The zero-order valence-electron chi connectivity index (χ0n) is 15.7. The maximum absolute atomic E-state index is 13.0. The van der Waals surface area contributed by atoms with E-state index in [1.54, 1.807) is 0 Å². The summed E-state index contributed by atoms with van der Waals surface area (Å²) in [6.45, 7) is 4.19. The number of aryl methyl sites for hydroxylation is 1. The van der Waals surface area contributed by atoms with Crippen LogP contribution in [0.1, 0.15) is 36.0 Å². The number of carbonyl (C=O) groups excluding carboxylic acids is 1. The molecule has 1 atom stereocenters. The monoisotopic (exact) mass is 383 g/mol. The minimum Gasteiger partial charge on any atom is -0.422 e. The molecule has 28 heavy (non-hydrogen) atoms. The molecule has 3 aromatic rings. The van der Waals surface area contributed by atoms with Crippen molar-refractivity contribution in [1.29, 1.82) is 0 Å². The molecule has 0 radical (unpaired) electrons. The zero-order chi connectivity index (χ0) is 19.5. The second kappa shape index (κ2) is 7.92. The van der Waals surface area contributed by atoms with Gasteiger partial charge in [-0.25, -0.2) is 14.4 Å². The molecule has 0 saturated carbocycles. The standard InChI is InChI=1S/C20H22FN5O2/c1-2-16-25-17-18(23-12-24-20(17)28-16)26-9-3-4-13(11-26)10-22-19(27)14-5-7-15(21)8-6-14/h5-8,12-13H,2-4,9-11H2,1H3,(H,22,27). The van der Waals surface area contributed by atoms with Gasteiger partial charge in [0.1, 0.15) is 12.1 Å². The molecule has 1 saturated heterocycles. The number of benzene rings is 1. The van der Waals surface area contributed by atoms with Gasteiger partial charge in [-0.3, -0.25) is 4.79 Å². The number of fused-ring (bicyclic) bond motifs is 1. The SMILES string of the molecule is CCc1nc2c(N3CCCC(CNC(=O)c4ccc(F)cc4)C3)ncnc2o1. The number of nitrogens with zero attached hydrogens (tertiary/aromatic N) is 4. The summed E-state index contributed by atoms with van der Waals surface area (Å²) < 4.78 is 18.6. The Morgan fingerprint density at radius 1 is 1.32 bits per heavy atom. The average molecular weight is 383 g/mol. The van der Waals surface area contributed by atoms with Gasteiger partial charge < -0.3 is 14.6 Å². The molecule has 0 aliphatic carbocycles. The molecular formula is C20H22FN5O2. The van der Waals surface area contributed by atoms with E-state index in [-0.39, 0.29) is 11.7 Å². The molecule has 0 bridgehead atoms. The number of carbonyl (C=O) groups is 1. The van der Waals surface area contributed by atoms with Gasteiger partial charge in [-0.15, -0.1) is 0 Å². The summed E-state index contributed by atoms with van der Waals surface area (Å²) in [5.74, 6) is 1.18. The van der Waals surface area contributed by atoms with Crippen molar-refractivity contribution < 1.29 is 13.6 Å². The summed E-state index contributed by atoms with van der Waals surface area (Å²) >= 11 is 0. The van der Waals surface area contributed by atoms with E-state index in [9.17, 15) is 9.18 Å². The fourth-order valence-electron chi connectivity index (χ4n) is 3.53. The molecule has 1 fully saturated rings. The van der Waals surface area contributed by atoms with Gasteiger partial charge in [-0.05, 0) is 43.0 Å². The first-order valence-electron chi connectivity index (χ1n) is 9.53. The molecular weight excluding hydrogens is 361 g/mol. The number of rotatable bonds is 5. The Morgan fingerprint density at radius 2 is 2.14 bits per heavy atom. The molecule has 1 aliphatic rings. The Morgan fingerprint density at radius 3 is 2.93 bits per heavy atom. The molecule has 0 spiro atoms. The molecule has 8 heteroatoms. The first-order chi connectivity index (χ1) is 13.6. The van der Waals surface area contributed by atoms with Crippen LogP contribution in [0.5, 0.6) is 0 Å². The molecule has 2 aromatic heterocycles. The summed E-state index contributed by atoms with van der Waals surface area (Å²) in [5.41, 5.74) is 1.66. The van der Waals surface area contributed by atoms with E-state index in [1.807, 2.05) is 6.92 Å². The van der Waals surface area contributed by atoms with Gasteiger partial charge in [0.15, 0.2) is 17.2 Å². The molecule has 1 amide bonds. The number of oxazole rings is 1. The van der Waals surface area contributed by atoms with E-state index < -0.39 is 0 Å². The van der Waals surface area contributed by atoms with E-state index >= 15 is 0 Å². The number of hydrogen-bond acceptors (Lipinski definition) is 6. The lowest BCUT2D eigenvalue weighted by Crippen LogP contribution is -2.41. The van der Waals surface area contributed by atoms with Gasteiger partial charge in [-0.2, -0.15) is 4.98 Å². The van der Waals surface area contributed by atoms with Crippen molar-refractivity contribution in [2.75, 3.05) is 24.5 Å². The largest absolute Gasteiger partial charge is 0.422 e. The Bertz CT molecular complexity index is 972. The van der Waals surface area contributed by atoms with Crippen molar-refractivity contribution >= 4 is 23.0 Å². The second-order valence-corrected chi connectivity index (χ2v) is 6.98. The van der Waals surface area contributed by atoms with Crippen molar-refractivity contribution in [3.05, 3.63) is 47.9 Å². The highest BCUT2D eigenvalue weighted by Gasteiger charge is 2.24. The van der Waals surface area contributed by atoms with E-state index in [2.05, 4.69) is 25.2 Å². The predicted octanol–water partition coefficient (Wildman–Crippen LogP) is 2.97. The summed E-state index contributed by atoms with van der Waals surface area (Å²) in [6.07, 6.45) is 4.23. The van der Waals surface area contributed by atoms with Gasteiger partial charge in [0.25, 0.3) is 11.6 Å². The van der Waals surface area contributed by atoms with E-state index in [4.69, 9.17) is 4.42 Å². The fraction of sp³-hybridized carbons (Fsp3) is 0.400. The fourth-order valence-corrected chi connectivity index (χ4v) is 3.53. The summed E-state index contributed by atoms with van der Waals surface area (Å²) in [5, 5.41) is 2.96. The van der Waals surface area contributed by atoms with Crippen molar-refractivity contribution in [2.45, 2.75) is 26.2 Å². The molecule has 1 aromatic carbocycles. The molecule has 7 nitrogen and oxygen atoms in total. The lowest BCUT2D eigenvalue weighted by Gasteiger charge is -2.33. The van der Waals surface area contributed by atoms with E-state index in [0.717, 1.165) is 31.7 Å². The first-order valence-corrected chi connectivity index (χ1v) is 9.53. The third-order valence-corrected chi connectivity index (χ3v) is 5.00. The van der Waals surface area contributed by atoms with E-state index in [1.165, 1.54) is 30.6 Å². The number of hydrogen-bond donors (Lipinski definition) is 1. The van der Waals surface area contributed by atoms with Crippen LogP contribution >= 0.6 is 0 Å². The minimum atomic E-state index is -0.352. The Labute approximate surface area is 162 Å². The third kappa shape index (κ3) is 3.81. The zero-order valence-corrected chi connectivity index (χ0v) is 15.7. The van der Waals surface area contributed by atoms with Gasteiger partial charge in [0, 0.05) is 31.6 Å². The molecule has 3 heterocycles. The van der Waals surface area contributed by atoms with Crippen LogP contribution in [0.25, 0.3) is 11.2 Å². The molecule has 1 N–H and O–H groups in total. The highest BCUT2D eigenvalue weighted by molar-refractivity contribution is 5.94. The van der Waals surface area contributed by atoms with Gasteiger partial charge in [0.05, 0.1) is 0 Å². The summed E-state index contributed by atoms with van der Waals surface area (Å²) in [7, 11) is 0. The lowest BCUT2D eigenvalue weighted by molar-refractivity contribution is 0.0945. The smallest absolute Gasteiger partial charge is 0.252 e. The number of nitrogens with one attached hydrogen (secondary N) is 1. The normalized spacial score (nSPS) is 17.1. The third-order valence-electron chi connectivity index (χ3n) is 5.00. The molecule has 1 aliphatic heterocycles. The van der Waals surface area contributed by atoms with Crippen LogP contribution in [0.4, 0.5) is 10.2 Å². The lowest BCUT2D eigenvalue weighted by atomic mass is 9.97. The van der Waals surface area contributed by atoms with Crippen LogP contribution in [0.15, 0.2) is 35.0 Å². The number of halogens is 1. The Hall–Kier alpha value is -3.03. The van der Waals surface area contributed by atoms with Crippen molar-refractivity contribution in [3.8, 4) is 0 Å². The second-order valence-electron chi connectivity index (χ2n) is 6.98. The number of aromatic nitrogens is 3. The molecule has 4 rings (SSSR count). The number of amides is 1. The van der Waals surface area contributed by atoms with Crippen LogP contribution in [0, 0.1) is 11.7 Å². The topological polar surface area (TPSA) is 84.2 Å². The van der Waals surface area contributed by atoms with Gasteiger partial charge >= 0.3 is 0 Å². The van der Waals surface area contributed by atoms with Crippen molar-refractivity contribution in [3.63, 3.8) is 0 Å². The average Bonchev–Trinajstić information content (AvgIpc) is 3.16. The number of anilines is 1. The number of piperidine rings is 1. The Balaban J connectivity index is 1.43. The van der Waals surface area contributed by atoms with E-state index in [0.29, 0.717) is 41.6 Å². The van der Waals surface area contributed by atoms with Crippen LogP contribution in [-0.2, 0) is 6.42 Å². The highest BCUT2D eigenvalue weighted by atomic mass is 19.1. The summed E-state index contributed by atoms with van der Waals surface area (Å²) in [6, 6.07) is 5.57. The quantitative estimate of drug-likeness (QED) is 0.729. The van der Waals surface area contributed by atoms with Crippen molar-refractivity contribution in [1.82, 2.24) is 20.3 Å².